The van der Waals surface area contributed by atoms with E-state index >= 15 is 0 Å². The number of fused-ring (bicyclic) bond motifs is 1. The summed E-state index contributed by atoms with van der Waals surface area (Å²) in [5, 5.41) is 6.14. The Kier molecular flexibility index (Phi) is 2.10. The molecule has 1 aromatic rings. The van der Waals surface area contributed by atoms with Crippen LogP contribution in [-0.2, 0) is 13.0 Å². The number of hydrogen-bond acceptors (Lipinski definition) is 3. The Bertz CT molecular complexity index is 336. The van der Waals surface area contributed by atoms with E-state index in [0.717, 1.165) is 18.5 Å². The van der Waals surface area contributed by atoms with E-state index in [-0.39, 0.29) is 6.04 Å². The van der Waals surface area contributed by atoms with Crippen LogP contribution in [0.4, 0.5) is 5.69 Å². The predicted molar refractivity (Wildman–Crippen MR) is 51.6 cm³/mol. The third-order valence-corrected chi connectivity index (χ3v) is 2.34. The Balaban J connectivity index is 2.36. The molecule has 0 saturated heterocycles. The van der Waals surface area contributed by atoms with Gasteiger partial charge in [-0.25, -0.2) is 0 Å². The fourth-order valence-electron chi connectivity index (χ4n) is 1.62. The Morgan fingerprint density at radius 1 is 1.46 bits per heavy atom. The van der Waals surface area contributed by atoms with E-state index in [1.165, 1.54) is 5.56 Å². The number of hydrogen-bond donors (Lipinski definition) is 1. The first-order valence-electron chi connectivity index (χ1n) is 4.31. The summed E-state index contributed by atoms with van der Waals surface area (Å²) in [4.78, 5) is 10.3. The lowest BCUT2D eigenvalue weighted by Crippen LogP contribution is -2.32. The molecule has 3 heteroatoms. The van der Waals surface area contributed by atoms with Gasteiger partial charge in [-0.3, -0.25) is 0 Å². The number of nitroso groups, excluding NO2 is 1. The lowest BCUT2D eigenvalue weighted by molar-refractivity contribution is 0.551. The molecule has 1 aliphatic heterocycles. The fourth-order valence-corrected chi connectivity index (χ4v) is 1.62. The second kappa shape index (κ2) is 3.26. The summed E-state index contributed by atoms with van der Waals surface area (Å²) in [5.41, 5.74) is 2.94. The van der Waals surface area contributed by atoms with Gasteiger partial charge in [0.1, 0.15) is 5.69 Å². The Morgan fingerprint density at radius 3 is 3.08 bits per heavy atom. The Hall–Kier alpha value is -1.22. The summed E-state index contributed by atoms with van der Waals surface area (Å²) in [7, 11) is 0. The summed E-state index contributed by atoms with van der Waals surface area (Å²) >= 11 is 0. The predicted octanol–water partition coefficient (Wildman–Crippen LogP) is 1.93. The molecule has 0 fully saturated rings. The minimum absolute atomic E-state index is 0.280. The van der Waals surface area contributed by atoms with E-state index in [4.69, 9.17) is 0 Å². The molecule has 3 nitrogen and oxygen atoms in total. The molecule has 0 aliphatic carbocycles. The van der Waals surface area contributed by atoms with Crippen molar-refractivity contribution in [2.75, 3.05) is 0 Å². The lowest BCUT2D eigenvalue weighted by Gasteiger charge is -2.22. The van der Waals surface area contributed by atoms with Crippen LogP contribution in [-0.4, -0.2) is 6.04 Å². The van der Waals surface area contributed by atoms with Crippen LogP contribution in [0.2, 0.25) is 0 Å². The molecule has 2 rings (SSSR count). The maximum Gasteiger partial charge on any atom is 0.108 e. The quantitative estimate of drug-likeness (QED) is 0.662. The van der Waals surface area contributed by atoms with E-state index in [1.54, 1.807) is 6.07 Å². The molecule has 1 unspecified atom stereocenters. The van der Waals surface area contributed by atoms with Crippen LogP contribution >= 0.6 is 0 Å². The summed E-state index contributed by atoms with van der Waals surface area (Å²) in [6.45, 7) is 4.73. The van der Waals surface area contributed by atoms with Crippen molar-refractivity contribution in [3.63, 3.8) is 0 Å². The molecule has 1 aliphatic rings. The van der Waals surface area contributed by atoms with Crippen molar-refractivity contribution < 1.29 is 0 Å². The van der Waals surface area contributed by atoms with E-state index in [0.29, 0.717) is 5.69 Å². The van der Waals surface area contributed by atoms with Crippen LogP contribution in [0.3, 0.4) is 0 Å². The largest absolute Gasteiger partial charge is 0.310 e. The summed E-state index contributed by atoms with van der Waals surface area (Å²) in [6.07, 6.45) is 0.925. The Morgan fingerprint density at radius 2 is 2.31 bits per heavy atom. The van der Waals surface area contributed by atoms with Crippen LogP contribution in [0, 0.1) is 11.8 Å². The van der Waals surface area contributed by atoms with E-state index in [1.807, 2.05) is 12.1 Å². The van der Waals surface area contributed by atoms with Gasteiger partial charge in [-0.05, 0) is 41.8 Å². The molecular weight excluding hydrogens is 164 g/mol. The highest BCUT2D eigenvalue weighted by molar-refractivity contribution is 5.45. The molecule has 0 amide bonds. The first-order chi connectivity index (χ1) is 6.29. The maximum atomic E-state index is 10.3. The highest BCUT2D eigenvalue weighted by Gasteiger charge is 2.14. The molecule has 1 aromatic carbocycles. The summed E-state index contributed by atoms with van der Waals surface area (Å²) in [5.74, 6) is 0. The van der Waals surface area contributed by atoms with Gasteiger partial charge in [0.25, 0.3) is 0 Å². The van der Waals surface area contributed by atoms with Crippen molar-refractivity contribution >= 4 is 5.69 Å². The third kappa shape index (κ3) is 1.60. The number of rotatable bonds is 1. The van der Waals surface area contributed by atoms with Crippen molar-refractivity contribution in [2.24, 2.45) is 5.18 Å². The van der Waals surface area contributed by atoms with Gasteiger partial charge in [0.05, 0.1) is 0 Å². The maximum absolute atomic E-state index is 10.3. The normalized spacial score (nSPS) is 20.8. The van der Waals surface area contributed by atoms with E-state index in [9.17, 15) is 4.91 Å². The monoisotopic (exact) mass is 175 g/mol. The zero-order valence-corrected chi connectivity index (χ0v) is 7.29. The summed E-state index contributed by atoms with van der Waals surface area (Å²) < 4.78 is 0. The second-order valence-corrected chi connectivity index (χ2v) is 3.33. The van der Waals surface area contributed by atoms with Crippen LogP contribution in [0.15, 0.2) is 23.4 Å². The zero-order chi connectivity index (χ0) is 9.26. The van der Waals surface area contributed by atoms with Gasteiger partial charge in [0.15, 0.2) is 0 Å². The molecule has 0 saturated carbocycles. The smallest absolute Gasteiger partial charge is 0.108 e. The number of nitrogens with zero attached hydrogens (tertiary/aromatic N) is 1. The van der Waals surface area contributed by atoms with Gasteiger partial charge in [0, 0.05) is 12.6 Å². The van der Waals surface area contributed by atoms with Crippen molar-refractivity contribution in [2.45, 2.75) is 19.0 Å². The number of benzene rings is 1. The SMILES string of the molecule is [CH2]C1Cc2ccc(N=O)cc2CN1. The molecule has 0 spiro atoms. The minimum Gasteiger partial charge on any atom is -0.310 e. The molecule has 1 radical (unpaired) electrons. The fraction of sp³-hybridized carbons (Fsp3) is 0.300. The molecule has 67 valence electrons. The molecule has 0 aromatic heterocycles. The van der Waals surface area contributed by atoms with E-state index in [2.05, 4.69) is 17.4 Å². The van der Waals surface area contributed by atoms with Crippen LogP contribution in [0.1, 0.15) is 11.1 Å². The molecule has 1 heterocycles. The van der Waals surface area contributed by atoms with Gasteiger partial charge in [-0.1, -0.05) is 6.07 Å². The molecular formula is C10H11N2O. The average molecular weight is 175 g/mol. The van der Waals surface area contributed by atoms with Crippen LogP contribution in [0.5, 0.6) is 0 Å². The van der Waals surface area contributed by atoms with Gasteiger partial charge < -0.3 is 5.32 Å². The van der Waals surface area contributed by atoms with Crippen molar-refractivity contribution in [1.29, 1.82) is 0 Å². The highest BCUT2D eigenvalue weighted by Crippen LogP contribution is 2.22. The molecule has 1 atom stereocenters. The topological polar surface area (TPSA) is 41.5 Å². The lowest BCUT2D eigenvalue weighted by atomic mass is 9.96. The molecule has 0 bridgehead atoms. The Labute approximate surface area is 77.1 Å². The van der Waals surface area contributed by atoms with Crippen LogP contribution < -0.4 is 5.32 Å². The van der Waals surface area contributed by atoms with E-state index < -0.39 is 0 Å². The third-order valence-electron chi connectivity index (χ3n) is 2.34. The number of nitrogens with one attached hydrogen (secondary N) is 1. The highest BCUT2D eigenvalue weighted by atomic mass is 16.3. The first-order valence-corrected chi connectivity index (χ1v) is 4.31. The standard InChI is InChI=1S/C10H11N2O/c1-7-4-8-2-3-10(12-13)5-9(8)6-11-7/h2-3,5,7,11H,1,4,6H2. The molecule has 13 heavy (non-hydrogen) atoms. The second-order valence-electron chi connectivity index (χ2n) is 3.33. The van der Waals surface area contributed by atoms with Crippen molar-refractivity contribution in [3.8, 4) is 0 Å². The molecule has 1 N–H and O–H groups in total. The van der Waals surface area contributed by atoms with Crippen molar-refractivity contribution in [1.82, 2.24) is 5.32 Å². The summed E-state index contributed by atoms with van der Waals surface area (Å²) in [6, 6.07) is 5.83. The van der Waals surface area contributed by atoms with Gasteiger partial charge in [-0.2, -0.15) is 0 Å². The average Bonchev–Trinajstić information content (AvgIpc) is 2.17. The van der Waals surface area contributed by atoms with Gasteiger partial charge in [-0.15, -0.1) is 4.91 Å². The zero-order valence-electron chi connectivity index (χ0n) is 7.29. The van der Waals surface area contributed by atoms with Crippen LogP contribution in [0.25, 0.3) is 0 Å². The minimum atomic E-state index is 0.280. The first kappa shape index (κ1) is 8.38. The van der Waals surface area contributed by atoms with Crippen molar-refractivity contribution in [3.05, 3.63) is 41.2 Å². The van der Waals surface area contributed by atoms with Gasteiger partial charge in [0.2, 0.25) is 0 Å². The van der Waals surface area contributed by atoms with Gasteiger partial charge >= 0.3 is 0 Å².